The zero-order chi connectivity index (χ0) is 8.63. The van der Waals surface area contributed by atoms with Crippen molar-refractivity contribution in [2.45, 2.75) is 31.4 Å². The average Bonchev–Trinajstić information content (AvgIpc) is 2.79. The molecule has 0 spiro atoms. The minimum absolute atomic E-state index is 0.304. The zero-order valence-corrected chi connectivity index (χ0v) is 7.75. The van der Waals surface area contributed by atoms with E-state index in [0.717, 1.165) is 12.3 Å². The Balaban J connectivity index is 1.89. The number of hydrogen-bond donors (Lipinski definition) is 0. The van der Waals surface area contributed by atoms with Crippen molar-refractivity contribution in [3.63, 3.8) is 0 Å². The van der Waals surface area contributed by atoms with Crippen LogP contribution in [0.25, 0.3) is 0 Å². The second-order valence-electron chi connectivity index (χ2n) is 5.51. The molecule has 0 aromatic carbocycles. The van der Waals surface area contributed by atoms with Gasteiger partial charge in [-0.15, -0.1) is 0 Å². The van der Waals surface area contributed by atoms with E-state index in [2.05, 4.69) is 12.2 Å². The van der Waals surface area contributed by atoms with Gasteiger partial charge >= 0.3 is 0 Å². The monoisotopic (exact) mass is 178 g/mol. The summed E-state index contributed by atoms with van der Waals surface area (Å²) in [5, 5.41) is 0. The fraction of sp³-hybridized carbons (Fsp3) is 0.833. The van der Waals surface area contributed by atoms with Gasteiger partial charge in [0.15, 0.2) is 0 Å². The van der Waals surface area contributed by atoms with Gasteiger partial charge in [0.05, 0.1) is 0 Å². The van der Waals surface area contributed by atoms with Crippen LogP contribution in [-0.4, -0.2) is 5.67 Å². The van der Waals surface area contributed by atoms with Gasteiger partial charge in [-0.05, 0) is 43.4 Å². The molecule has 0 amide bonds. The second-order valence-corrected chi connectivity index (χ2v) is 5.51. The molecule has 0 saturated heterocycles. The molecule has 1 heteroatoms. The molecule has 0 N–H and O–H groups in total. The van der Waals surface area contributed by atoms with Crippen molar-refractivity contribution < 1.29 is 4.39 Å². The van der Waals surface area contributed by atoms with Crippen molar-refractivity contribution in [3.8, 4) is 0 Å². The van der Waals surface area contributed by atoms with Gasteiger partial charge in [-0.2, -0.15) is 0 Å². The topological polar surface area (TPSA) is 0 Å². The Hall–Kier alpha value is -0.330. The third kappa shape index (κ3) is 0.572. The van der Waals surface area contributed by atoms with Crippen LogP contribution in [0.3, 0.4) is 0 Å². The van der Waals surface area contributed by atoms with E-state index in [1.165, 1.54) is 19.3 Å². The Morgan fingerprint density at radius 1 is 1.15 bits per heavy atom. The summed E-state index contributed by atoms with van der Waals surface area (Å²) < 4.78 is 14.8. The van der Waals surface area contributed by atoms with E-state index in [-0.39, 0.29) is 0 Å². The van der Waals surface area contributed by atoms with Crippen molar-refractivity contribution in [1.82, 2.24) is 0 Å². The van der Waals surface area contributed by atoms with Gasteiger partial charge in [0.1, 0.15) is 5.67 Å². The molecule has 0 radical (unpaired) electrons. The van der Waals surface area contributed by atoms with Gasteiger partial charge in [0.25, 0.3) is 0 Å². The fourth-order valence-electron chi connectivity index (χ4n) is 4.93. The predicted molar refractivity (Wildman–Crippen MR) is 48.9 cm³/mol. The maximum atomic E-state index is 14.8. The van der Waals surface area contributed by atoms with Crippen LogP contribution >= 0.6 is 0 Å². The highest BCUT2D eigenvalue weighted by atomic mass is 19.1. The number of fused-ring (bicyclic) bond motifs is 9. The van der Waals surface area contributed by atoms with E-state index in [9.17, 15) is 4.39 Å². The van der Waals surface area contributed by atoms with Crippen LogP contribution in [0.2, 0.25) is 0 Å². The van der Waals surface area contributed by atoms with Crippen molar-refractivity contribution >= 4 is 0 Å². The quantitative estimate of drug-likeness (QED) is 0.395. The Morgan fingerprint density at radius 2 is 2.08 bits per heavy atom. The van der Waals surface area contributed by atoms with Crippen LogP contribution < -0.4 is 0 Å². The van der Waals surface area contributed by atoms with Gasteiger partial charge in [-0.25, -0.2) is 4.39 Å². The Kier molecular flexibility index (Phi) is 1.01. The fourth-order valence-corrected chi connectivity index (χ4v) is 4.93. The van der Waals surface area contributed by atoms with Crippen LogP contribution in [-0.2, 0) is 0 Å². The SMILES string of the molecule is FC12C3C=CC(C3)C1C1CCC2C1. The van der Waals surface area contributed by atoms with Crippen LogP contribution in [0, 0.1) is 29.6 Å². The maximum Gasteiger partial charge on any atom is 0.123 e. The van der Waals surface area contributed by atoms with Gasteiger partial charge in [0.2, 0.25) is 0 Å². The second kappa shape index (κ2) is 1.87. The first-order valence-corrected chi connectivity index (χ1v) is 5.67. The van der Waals surface area contributed by atoms with E-state index >= 15 is 0 Å². The zero-order valence-electron chi connectivity index (χ0n) is 7.75. The minimum Gasteiger partial charge on any atom is -0.243 e. The lowest BCUT2D eigenvalue weighted by Crippen LogP contribution is -2.42. The third-order valence-corrected chi connectivity index (χ3v) is 5.26. The van der Waals surface area contributed by atoms with Gasteiger partial charge in [0, 0.05) is 11.8 Å². The molecule has 3 saturated carbocycles. The first-order chi connectivity index (χ1) is 6.30. The summed E-state index contributed by atoms with van der Waals surface area (Å²) in [4.78, 5) is 0. The highest BCUT2D eigenvalue weighted by Gasteiger charge is 2.68. The first-order valence-electron chi connectivity index (χ1n) is 5.67. The largest absolute Gasteiger partial charge is 0.243 e. The summed E-state index contributed by atoms with van der Waals surface area (Å²) in [5.74, 6) is 2.53. The normalized spacial score (nSPS) is 66.4. The summed E-state index contributed by atoms with van der Waals surface area (Å²) in [7, 11) is 0. The summed E-state index contributed by atoms with van der Waals surface area (Å²) in [6.07, 6.45) is 9.30. The Labute approximate surface area is 78.2 Å². The number of allylic oxidation sites excluding steroid dienone is 2. The standard InChI is InChI=1S/C12H15F/c13-12-9-3-1-7(5-9)11(12)8-2-4-10(12)6-8/h1,3,7-11H,2,4-6H2. The summed E-state index contributed by atoms with van der Waals surface area (Å²) >= 11 is 0. The molecule has 0 heterocycles. The van der Waals surface area contributed by atoms with E-state index in [1.54, 1.807) is 0 Å². The molecule has 0 aromatic rings. The van der Waals surface area contributed by atoms with E-state index in [4.69, 9.17) is 0 Å². The molecule has 6 unspecified atom stereocenters. The lowest BCUT2D eigenvalue weighted by Gasteiger charge is -2.38. The number of hydrogen-bond acceptors (Lipinski definition) is 0. The molecular weight excluding hydrogens is 163 g/mol. The first kappa shape index (κ1) is 7.03. The van der Waals surface area contributed by atoms with E-state index < -0.39 is 5.67 Å². The van der Waals surface area contributed by atoms with Crippen LogP contribution in [0.1, 0.15) is 25.7 Å². The molecule has 70 valence electrons. The molecule has 0 aromatic heterocycles. The molecule has 3 fully saturated rings. The Bertz CT molecular complexity index is 295. The summed E-state index contributed by atoms with van der Waals surface area (Å²) in [6.45, 7) is 0. The predicted octanol–water partition coefficient (Wildman–Crippen LogP) is 2.95. The summed E-state index contributed by atoms with van der Waals surface area (Å²) in [5.41, 5.74) is -0.748. The smallest absolute Gasteiger partial charge is 0.123 e. The molecular formula is C12H15F. The molecule has 0 aliphatic heterocycles. The summed E-state index contributed by atoms with van der Waals surface area (Å²) in [6, 6.07) is 0. The molecule has 4 aliphatic carbocycles. The number of halogens is 1. The number of rotatable bonds is 0. The lowest BCUT2D eigenvalue weighted by molar-refractivity contribution is 0.0134. The van der Waals surface area contributed by atoms with Crippen molar-refractivity contribution in [1.29, 1.82) is 0 Å². The van der Waals surface area contributed by atoms with Crippen LogP contribution in [0.15, 0.2) is 12.2 Å². The molecule has 4 rings (SSSR count). The highest BCUT2D eigenvalue weighted by Crippen LogP contribution is 2.69. The minimum atomic E-state index is -0.748. The number of alkyl halides is 1. The molecule has 4 bridgehead atoms. The van der Waals surface area contributed by atoms with Gasteiger partial charge in [-0.1, -0.05) is 12.2 Å². The third-order valence-electron chi connectivity index (χ3n) is 5.26. The molecule has 4 aliphatic rings. The molecule has 0 nitrogen and oxygen atoms in total. The highest BCUT2D eigenvalue weighted by molar-refractivity contribution is 5.27. The van der Waals surface area contributed by atoms with E-state index in [0.29, 0.717) is 23.7 Å². The Morgan fingerprint density at radius 3 is 2.92 bits per heavy atom. The van der Waals surface area contributed by atoms with Crippen molar-refractivity contribution in [3.05, 3.63) is 12.2 Å². The lowest BCUT2D eigenvalue weighted by atomic mass is 9.71. The average molecular weight is 178 g/mol. The van der Waals surface area contributed by atoms with E-state index in [1.807, 2.05) is 0 Å². The van der Waals surface area contributed by atoms with Crippen LogP contribution in [0.5, 0.6) is 0 Å². The molecule has 6 atom stereocenters. The maximum absolute atomic E-state index is 14.8. The van der Waals surface area contributed by atoms with Gasteiger partial charge in [-0.3, -0.25) is 0 Å². The molecule has 13 heavy (non-hydrogen) atoms. The van der Waals surface area contributed by atoms with Crippen molar-refractivity contribution in [2.75, 3.05) is 0 Å². The van der Waals surface area contributed by atoms with Crippen LogP contribution in [0.4, 0.5) is 4.39 Å². The van der Waals surface area contributed by atoms with Crippen molar-refractivity contribution in [2.24, 2.45) is 29.6 Å². The van der Waals surface area contributed by atoms with Gasteiger partial charge < -0.3 is 0 Å².